The summed E-state index contributed by atoms with van der Waals surface area (Å²) >= 11 is 0. The maximum atomic E-state index is 11.5. The molecule has 96 valence electrons. The quantitative estimate of drug-likeness (QED) is 0.475. The fourth-order valence-corrected chi connectivity index (χ4v) is 1.24. The van der Waals surface area contributed by atoms with Gasteiger partial charge in [-0.1, -0.05) is 18.2 Å². The molecule has 1 heterocycles. The smallest absolute Gasteiger partial charge is 0.358 e. The van der Waals surface area contributed by atoms with Gasteiger partial charge in [-0.25, -0.2) is 9.68 Å². The van der Waals surface area contributed by atoms with Crippen LogP contribution in [0.4, 0.5) is 5.82 Å². The van der Waals surface area contributed by atoms with Crippen LogP contribution in [0, 0.1) is 10.1 Å². The van der Waals surface area contributed by atoms with Crippen LogP contribution in [0.5, 0.6) is 5.75 Å². The Hall–Kier alpha value is -2.96. The summed E-state index contributed by atoms with van der Waals surface area (Å²) in [6.45, 7) is 0. The van der Waals surface area contributed by atoms with Gasteiger partial charge >= 0.3 is 11.8 Å². The lowest BCUT2D eigenvalue weighted by atomic mass is 10.2. The van der Waals surface area contributed by atoms with Crippen molar-refractivity contribution < 1.29 is 19.5 Å². The van der Waals surface area contributed by atoms with Crippen LogP contribution < -0.4 is 4.89 Å². The maximum Gasteiger partial charge on any atom is 0.386 e. The highest BCUT2D eigenvalue weighted by Gasteiger charge is 2.11. The van der Waals surface area contributed by atoms with Crippen molar-refractivity contribution in [3.05, 3.63) is 64.3 Å². The van der Waals surface area contributed by atoms with Crippen LogP contribution in [0.15, 0.2) is 48.7 Å². The van der Waals surface area contributed by atoms with E-state index in [1.807, 2.05) is 0 Å². The van der Waals surface area contributed by atoms with Crippen molar-refractivity contribution >= 4 is 11.8 Å². The van der Waals surface area contributed by atoms with Gasteiger partial charge < -0.3 is 10.1 Å². The van der Waals surface area contributed by atoms with Gasteiger partial charge in [0.05, 0.1) is 5.56 Å². The highest BCUT2D eigenvalue weighted by molar-refractivity contribution is 5.88. The monoisotopic (exact) mass is 260 g/mol. The molecule has 0 saturated carbocycles. The van der Waals surface area contributed by atoms with Crippen molar-refractivity contribution in [2.45, 2.75) is 0 Å². The number of aromatic nitrogens is 1. The fraction of sp³-hybridized carbons (Fsp3) is 0. The van der Waals surface area contributed by atoms with Gasteiger partial charge in [0.15, 0.2) is 6.20 Å². The Morgan fingerprint density at radius 1 is 1.16 bits per heavy atom. The van der Waals surface area contributed by atoms with Gasteiger partial charge in [-0.2, -0.15) is 0 Å². The Bertz CT molecular complexity index is 583. The summed E-state index contributed by atoms with van der Waals surface area (Å²) < 4.78 is 0. The molecule has 7 nitrogen and oxygen atoms in total. The largest absolute Gasteiger partial charge is 0.386 e. The number of carbonyl (C=O) groups is 1. The van der Waals surface area contributed by atoms with Crippen molar-refractivity contribution in [2.24, 2.45) is 0 Å². The molecule has 0 amide bonds. The summed E-state index contributed by atoms with van der Waals surface area (Å²) in [4.78, 5) is 34.1. The third-order valence-corrected chi connectivity index (χ3v) is 2.13. The lowest BCUT2D eigenvalue weighted by Gasteiger charge is -2.02. The lowest BCUT2D eigenvalue weighted by molar-refractivity contribution is -0.389. The molecule has 0 aliphatic heterocycles. The van der Waals surface area contributed by atoms with Gasteiger partial charge in [0, 0.05) is 6.07 Å². The first kappa shape index (κ1) is 12.5. The molecule has 1 aromatic heterocycles. The zero-order valence-electron chi connectivity index (χ0n) is 9.55. The zero-order chi connectivity index (χ0) is 13.7. The van der Waals surface area contributed by atoms with Crippen LogP contribution in [-0.4, -0.2) is 15.9 Å². The minimum atomic E-state index is -0.668. The van der Waals surface area contributed by atoms with Crippen molar-refractivity contribution in [2.75, 3.05) is 0 Å². The summed E-state index contributed by atoms with van der Waals surface area (Å²) in [7, 11) is 0. The van der Waals surface area contributed by atoms with Crippen molar-refractivity contribution in [1.29, 1.82) is 0 Å². The number of rotatable bonds is 4. The second kappa shape index (κ2) is 5.58. The molecule has 2 aromatic rings. The first-order chi connectivity index (χ1) is 9.16. The summed E-state index contributed by atoms with van der Waals surface area (Å²) in [5.74, 6) is -0.893. The predicted molar refractivity (Wildman–Crippen MR) is 63.4 cm³/mol. The Morgan fingerprint density at radius 3 is 2.47 bits per heavy atom. The molecular weight excluding hydrogens is 252 g/mol. The van der Waals surface area contributed by atoms with E-state index in [-0.39, 0.29) is 11.6 Å². The van der Waals surface area contributed by atoms with E-state index in [0.29, 0.717) is 5.56 Å². The normalized spacial score (nSPS) is 9.68. The molecule has 0 aliphatic carbocycles. The molecule has 0 saturated heterocycles. The minimum Gasteiger partial charge on any atom is -0.358 e. The highest BCUT2D eigenvalue weighted by Crippen LogP contribution is 2.14. The van der Waals surface area contributed by atoms with E-state index in [4.69, 9.17) is 4.89 Å². The topological polar surface area (TPSA) is 91.6 Å². The van der Waals surface area contributed by atoms with Crippen LogP contribution in [0.1, 0.15) is 10.4 Å². The number of benzene rings is 1. The van der Waals surface area contributed by atoms with Gasteiger partial charge in [-0.05, 0) is 28.1 Å². The summed E-state index contributed by atoms with van der Waals surface area (Å²) in [6.07, 6.45) is 1.09. The Morgan fingerprint density at radius 2 is 1.89 bits per heavy atom. The molecule has 0 N–H and O–H groups in total. The Balaban J connectivity index is 1.95. The second-order valence-electron chi connectivity index (χ2n) is 3.43. The summed E-state index contributed by atoms with van der Waals surface area (Å²) in [5, 5.41) is 10.4. The minimum absolute atomic E-state index is 0.0925. The van der Waals surface area contributed by atoms with Crippen LogP contribution >= 0.6 is 0 Å². The van der Waals surface area contributed by atoms with E-state index in [9.17, 15) is 14.9 Å². The average Bonchev–Trinajstić information content (AvgIpc) is 2.46. The average molecular weight is 260 g/mol. The van der Waals surface area contributed by atoms with E-state index in [1.54, 1.807) is 30.3 Å². The molecule has 0 spiro atoms. The van der Waals surface area contributed by atoms with E-state index < -0.39 is 10.9 Å². The maximum absolute atomic E-state index is 11.5. The van der Waals surface area contributed by atoms with Gasteiger partial charge in [0.25, 0.3) is 0 Å². The summed E-state index contributed by atoms with van der Waals surface area (Å²) in [6, 6.07) is 10.7. The number of hydrogen-bond acceptors (Lipinski definition) is 6. The first-order valence-electron chi connectivity index (χ1n) is 5.21. The van der Waals surface area contributed by atoms with Gasteiger partial charge in [0.1, 0.15) is 0 Å². The number of nitro groups is 1. The number of nitrogens with zero attached hydrogens (tertiary/aromatic N) is 2. The van der Waals surface area contributed by atoms with Crippen molar-refractivity contribution in [1.82, 2.24) is 4.98 Å². The highest BCUT2D eigenvalue weighted by atomic mass is 17.2. The van der Waals surface area contributed by atoms with Gasteiger partial charge in [-0.3, -0.25) is 4.89 Å². The zero-order valence-corrected chi connectivity index (χ0v) is 9.55. The van der Waals surface area contributed by atoms with Crippen LogP contribution in [0.2, 0.25) is 0 Å². The third-order valence-electron chi connectivity index (χ3n) is 2.13. The van der Waals surface area contributed by atoms with E-state index >= 15 is 0 Å². The Labute approximate surface area is 107 Å². The van der Waals surface area contributed by atoms with Crippen molar-refractivity contribution in [3.63, 3.8) is 0 Å². The molecule has 2 rings (SSSR count). The molecule has 0 fully saturated rings. The predicted octanol–water partition coefficient (Wildman–Crippen LogP) is 2.14. The SMILES string of the molecule is O=C(OOc1ccc([N+](=O)[O-])nc1)c1ccccc1. The summed E-state index contributed by atoms with van der Waals surface area (Å²) in [5.41, 5.74) is 0.331. The standard InChI is InChI=1S/C12H8N2O5/c15-12(9-4-2-1-3-5-9)19-18-10-6-7-11(13-8-10)14(16)17/h1-8H. The fourth-order valence-electron chi connectivity index (χ4n) is 1.24. The van der Waals surface area contributed by atoms with Crippen LogP contribution in [-0.2, 0) is 4.89 Å². The third kappa shape index (κ3) is 3.25. The molecule has 0 bridgehead atoms. The first-order valence-corrected chi connectivity index (χ1v) is 5.21. The molecule has 0 radical (unpaired) electrons. The van der Waals surface area contributed by atoms with Crippen LogP contribution in [0.3, 0.4) is 0 Å². The second-order valence-corrected chi connectivity index (χ2v) is 3.43. The van der Waals surface area contributed by atoms with Crippen LogP contribution in [0.25, 0.3) is 0 Å². The molecule has 0 aliphatic rings. The van der Waals surface area contributed by atoms with Gasteiger partial charge in [0.2, 0.25) is 5.75 Å². The molecule has 0 atom stereocenters. The molecular formula is C12H8N2O5. The Kier molecular flexibility index (Phi) is 3.67. The van der Waals surface area contributed by atoms with E-state index in [2.05, 4.69) is 9.87 Å². The van der Waals surface area contributed by atoms with E-state index in [0.717, 1.165) is 12.3 Å². The molecule has 0 unspecified atom stereocenters. The van der Waals surface area contributed by atoms with Crippen molar-refractivity contribution in [3.8, 4) is 5.75 Å². The molecule has 19 heavy (non-hydrogen) atoms. The number of hydrogen-bond donors (Lipinski definition) is 0. The number of carbonyl (C=O) groups excluding carboxylic acids is 1. The van der Waals surface area contributed by atoms with Gasteiger partial charge in [-0.15, -0.1) is 0 Å². The molecule has 1 aromatic carbocycles. The van der Waals surface area contributed by atoms with E-state index in [1.165, 1.54) is 6.07 Å². The molecule has 7 heteroatoms. The number of pyridine rings is 1. The lowest BCUT2D eigenvalue weighted by Crippen LogP contribution is -2.08.